The lowest BCUT2D eigenvalue weighted by atomic mass is 10.3. The number of nitrogen functional groups attached to an aromatic ring is 1. The Hall–Kier alpha value is -1.30. The first-order valence-corrected chi connectivity index (χ1v) is 5.56. The minimum Gasteiger partial charge on any atom is -0.396 e. The number of halogens is 1. The van der Waals surface area contributed by atoms with E-state index in [-0.39, 0.29) is 0 Å². The Balaban J connectivity index is 2.22. The fourth-order valence-corrected chi connectivity index (χ4v) is 1.55. The lowest BCUT2D eigenvalue weighted by Gasteiger charge is -2.07. The van der Waals surface area contributed by atoms with Crippen molar-refractivity contribution >= 4 is 39.8 Å². The first-order valence-electron chi connectivity index (χ1n) is 4.49. The predicted molar refractivity (Wildman–Crippen MR) is 71.1 cm³/mol. The van der Waals surface area contributed by atoms with Crippen LogP contribution in [0.2, 0.25) is 0 Å². The van der Waals surface area contributed by atoms with Crippen molar-refractivity contribution in [3.05, 3.63) is 46.2 Å². The fraction of sp³-hybridized carbons (Fsp3) is 0. The number of rotatable bonds is 2. The Kier molecular flexibility index (Phi) is 3.05. The summed E-state index contributed by atoms with van der Waals surface area (Å²) in [5, 5.41) is 3.16. The van der Waals surface area contributed by atoms with Crippen LogP contribution < -0.4 is 11.1 Å². The second-order valence-corrected chi connectivity index (χ2v) is 4.32. The topological polar surface area (TPSA) is 50.9 Å². The first-order chi connectivity index (χ1) is 7.25. The molecule has 2 rings (SSSR count). The smallest absolute Gasteiger partial charge is 0.153 e. The lowest BCUT2D eigenvalue weighted by molar-refractivity contribution is 1.31. The Labute approximate surface area is 102 Å². The third kappa shape index (κ3) is 2.59. The van der Waals surface area contributed by atoms with Gasteiger partial charge < -0.3 is 11.1 Å². The van der Waals surface area contributed by atoms with Gasteiger partial charge in [-0.1, -0.05) is 0 Å². The van der Waals surface area contributed by atoms with Gasteiger partial charge in [0.15, 0.2) is 5.82 Å². The molecule has 0 aliphatic heterocycles. The largest absolute Gasteiger partial charge is 0.396 e. The third-order valence-corrected chi connectivity index (χ3v) is 2.67. The van der Waals surface area contributed by atoms with Gasteiger partial charge in [0.05, 0.1) is 5.69 Å². The SMILES string of the molecule is Nc1cccnc1Nc1ccc(I)cc1. The molecule has 0 spiro atoms. The maximum absolute atomic E-state index is 5.77. The van der Waals surface area contributed by atoms with Crippen LogP contribution in [-0.4, -0.2) is 4.98 Å². The summed E-state index contributed by atoms with van der Waals surface area (Å²) >= 11 is 2.27. The third-order valence-electron chi connectivity index (χ3n) is 1.95. The van der Waals surface area contributed by atoms with E-state index in [0.717, 1.165) is 5.69 Å². The zero-order valence-electron chi connectivity index (χ0n) is 7.94. The molecule has 1 aromatic heterocycles. The molecule has 4 heteroatoms. The summed E-state index contributed by atoms with van der Waals surface area (Å²) in [5.74, 6) is 0.693. The van der Waals surface area contributed by atoms with Crippen molar-refractivity contribution in [3.8, 4) is 0 Å². The molecule has 0 aliphatic carbocycles. The Morgan fingerprint density at radius 2 is 1.87 bits per heavy atom. The minimum absolute atomic E-state index is 0.649. The molecule has 0 amide bonds. The summed E-state index contributed by atoms with van der Waals surface area (Å²) < 4.78 is 1.20. The van der Waals surface area contributed by atoms with E-state index in [1.807, 2.05) is 36.4 Å². The van der Waals surface area contributed by atoms with Crippen LogP contribution in [0.15, 0.2) is 42.6 Å². The number of hydrogen-bond acceptors (Lipinski definition) is 3. The molecule has 76 valence electrons. The zero-order valence-corrected chi connectivity index (χ0v) is 10.1. The van der Waals surface area contributed by atoms with Crippen molar-refractivity contribution in [1.82, 2.24) is 4.98 Å². The van der Waals surface area contributed by atoms with Crippen molar-refractivity contribution in [2.75, 3.05) is 11.1 Å². The van der Waals surface area contributed by atoms with E-state index in [2.05, 4.69) is 32.9 Å². The van der Waals surface area contributed by atoms with Gasteiger partial charge in [0.25, 0.3) is 0 Å². The monoisotopic (exact) mass is 311 g/mol. The molecule has 0 atom stereocenters. The molecule has 0 saturated heterocycles. The highest BCUT2D eigenvalue weighted by Gasteiger charge is 1.99. The summed E-state index contributed by atoms with van der Waals surface area (Å²) in [7, 11) is 0. The molecule has 3 N–H and O–H groups in total. The molecular weight excluding hydrogens is 301 g/mol. The van der Waals surface area contributed by atoms with Crippen LogP contribution in [-0.2, 0) is 0 Å². The number of aromatic nitrogens is 1. The second-order valence-electron chi connectivity index (χ2n) is 3.07. The number of hydrogen-bond donors (Lipinski definition) is 2. The van der Waals surface area contributed by atoms with Crippen LogP contribution in [0.4, 0.5) is 17.2 Å². The van der Waals surface area contributed by atoms with E-state index in [1.165, 1.54) is 3.57 Å². The normalized spacial score (nSPS) is 9.93. The highest BCUT2D eigenvalue weighted by molar-refractivity contribution is 14.1. The summed E-state index contributed by atoms with van der Waals surface area (Å²) in [4.78, 5) is 4.16. The van der Waals surface area contributed by atoms with Gasteiger partial charge in [-0.3, -0.25) is 0 Å². The average molecular weight is 311 g/mol. The van der Waals surface area contributed by atoms with E-state index in [0.29, 0.717) is 11.5 Å². The highest BCUT2D eigenvalue weighted by Crippen LogP contribution is 2.20. The lowest BCUT2D eigenvalue weighted by Crippen LogP contribution is -1.98. The van der Waals surface area contributed by atoms with Crippen LogP contribution in [0.1, 0.15) is 0 Å². The molecule has 1 aromatic carbocycles. The van der Waals surface area contributed by atoms with Gasteiger partial charge >= 0.3 is 0 Å². The number of anilines is 3. The molecule has 2 aromatic rings. The predicted octanol–water partition coefficient (Wildman–Crippen LogP) is 3.01. The van der Waals surface area contributed by atoms with E-state index < -0.39 is 0 Å². The van der Waals surface area contributed by atoms with Gasteiger partial charge in [0.1, 0.15) is 0 Å². The summed E-state index contributed by atoms with van der Waals surface area (Å²) in [6.45, 7) is 0. The standard InChI is InChI=1S/C11H10IN3/c12-8-3-5-9(6-4-8)15-11-10(13)2-1-7-14-11/h1-7H,13H2,(H,14,15). The Morgan fingerprint density at radius 3 is 2.53 bits per heavy atom. The molecule has 1 heterocycles. The van der Waals surface area contributed by atoms with Gasteiger partial charge in [-0.25, -0.2) is 4.98 Å². The number of nitrogens with one attached hydrogen (secondary N) is 1. The van der Waals surface area contributed by atoms with Crippen molar-refractivity contribution in [1.29, 1.82) is 0 Å². The van der Waals surface area contributed by atoms with Gasteiger partial charge in [-0.15, -0.1) is 0 Å². The van der Waals surface area contributed by atoms with Crippen LogP contribution in [0.3, 0.4) is 0 Å². The molecule has 0 bridgehead atoms. The van der Waals surface area contributed by atoms with Gasteiger partial charge in [-0.2, -0.15) is 0 Å². The number of benzene rings is 1. The van der Waals surface area contributed by atoms with Crippen molar-refractivity contribution in [3.63, 3.8) is 0 Å². The quantitative estimate of drug-likeness (QED) is 0.838. The maximum atomic E-state index is 5.77. The van der Waals surface area contributed by atoms with Gasteiger partial charge in [-0.05, 0) is 59.0 Å². The first kappa shape index (κ1) is 10.2. The molecule has 0 radical (unpaired) electrons. The highest BCUT2D eigenvalue weighted by atomic mass is 127. The summed E-state index contributed by atoms with van der Waals surface area (Å²) in [5.41, 5.74) is 7.41. The number of nitrogens with two attached hydrogens (primary N) is 1. The molecular formula is C11H10IN3. The average Bonchev–Trinajstić information content (AvgIpc) is 2.25. The zero-order chi connectivity index (χ0) is 10.7. The van der Waals surface area contributed by atoms with Crippen molar-refractivity contribution in [2.24, 2.45) is 0 Å². The van der Waals surface area contributed by atoms with Crippen LogP contribution in [0.5, 0.6) is 0 Å². The van der Waals surface area contributed by atoms with E-state index >= 15 is 0 Å². The molecule has 15 heavy (non-hydrogen) atoms. The Bertz CT molecular complexity index is 454. The summed E-state index contributed by atoms with van der Waals surface area (Å²) in [6, 6.07) is 11.7. The maximum Gasteiger partial charge on any atom is 0.153 e. The van der Waals surface area contributed by atoms with Crippen molar-refractivity contribution < 1.29 is 0 Å². The van der Waals surface area contributed by atoms with Crippen LogP contribution in [0.25, 0.3) is 0 Å². The van der Waals surface area contributed by atoms with E-state index in [1.54, 1.807) is 6.20 Å². The molecule has 0 unspecified atom stereocenters. The van der Waals surface area contributed by atoms with E-state index in [4.69, 9.17) is 5.73 Å². The fourth-order valence-electron chi connectivity index (χ4n) is 1.19. The molecule has 3 nitrogen and oxygen atoms in total. The number of nitrogens with zero attached hydrogens (tertiary/aromatic N) is 1. The van der Waals surface area contributed by atoms with Crippen LogP contribution >= 0.6 is 22.6 Å². The number of pyridine rings is 1. The second kappa shape index (κ2) is 4.48. The van der Waals surface area contributed by atoms with Gasteiger partial charge in [0, 0.05) is 15.5 Å². The summed E-state index contributed by atoms with van der Waals surface area (Å²) in [6.07, 6.45) is 1.71. The van der Waals surface area contributed by atoms with Crippen LogP contribution in [0, 0.1) is 3.57 Å². The molecule has 0 aliphatic rings. The van der Waals surface area contributed by atoms with Crippen molar-refractivity contribution in [2.45, 2.75) is 0 Å². The molecule has 0 fully saturated rings. The molecule has 0 saturated carbocycles. The Morgan fingerprint density at radius 1 is 1.13 bits per heavy atom. The van der Waals surface area contributed by atoms with Gasteiger partial charge in [0.2, 0.25) is 0 Å². The van der Waals surface area contributed by atoms with E-state index in [9.17, 15) is 0 Å². The minimum atomic E-state index is 0.649.